The Kier molecular flexibility index (Phi) is 4.53. The third kappa shape index (κ3) is 3.45. The van der Waals surface area contributed by atoms with Crippen LogP contribution in [0.3, 0.4) is 0 Å². The number of rotatable bonds is 5. The van der Waals surface area contributed by atoms with Crippen molar-refractivity contribution in [1.82, 2.24) is 9.97 Å². The first-order valence-electron chi connectivity index (χ1n) is 6.61. The molecule has 0 unspecified atom stereocenters. The molecule has 0 aliphatic carbocycles. The number of benzene rings is 1. The standard InChI is InChI=1S/C15H19N3O2/c1-10(2)15-17-13(16)9-14(18-15)20-12-6-4-3-5-11(12)7-8-19/h3-6,9-10,19H,7-8H2,1-2H3,(H2,16,17,18). The fraction of sp³-hybridized carbons (Fsp3) is 0.333. The van der Waals surface area contributed by atoms with Crippen LogP contribution in [0.2, 0.25) is 0 Å². The molecule has 0 spiro atoms. The molecule has 106 valence electrons. The van der Waals surface area contributed by atoms with E-state index in [1.54, 1.807) is 6.07 Å². The molecule has 20 heavy (non-hydrogen) atoms. The lowest BCUT2D eigenvalue weighted by molar-refractivity contribution is 0.297. The van der Waals surface area contributed by atoms with Crippen LogP contribution in [0, 0.1) is 0 Å². The smallest absolute Gasteiger partial charge is 0.224 e. The van der Waals surface area contributed by atoms with E-state index in [1.165, 1.54) is 0 Å². The Morgan fingerprint density at radius 3 is 2.70 bits per heavy atom. The van der Waals surface area contributed by atoms with Crippen LogP contribution in [0.1, 0.15) is 31.2 Å². The van der Waals surface area contributed by atoms with Crippen LogP contribution >= 0.6 is 0 Å². The lowest BCUT2D eigenvalue weighted by atomic mass is 10.1. The minimum Gasteiger partial charge on any atom is -0.439 e. The van der Waals surface area contributed by atoms with E-state index in [0.29, 0.717) is 29.7 Å². The van der Waals surface area contributed by atoms with Gasteiger partial charge in [-0.3, -0.25) is 0 Å². The molecule has 1 aromatic heterocycles. The minimum atomic E-state index is 0.0729. The van der Waals surface area contributed by atoms with Crippen molar-refractivity contribution in [2.24, 2.45) is 0 Å². The molecule has 3 N–H and O–H groups in total. The Bertz CT molecular complexity index is 585. The fourth-order valence-electron chi connectivity index (χ4n) is 1.81. The number of nitrogen functional groups attached to an aromatic ring is 1. The van der Waals surface area contributed by atoms with Crippen molar-refractivity contribution in [2.45, 2.75) is 26.2 Å². The molecule has 1 heterocycles. The molecule has 0 aliphatic heterocycles. The second-order valence-corrected chi connectivity index (χ2v) is 4.83. The Labute approximate surface area is 118 Å². The number of nitrogens with zero attached hydrogens (tertiary/aromatic N) is 2. The highest BCUT2D eigenvalue weighted by Gasteiger charge is 2.10. The summed E-state index contributed by atoms with van der Waals surface area (Å²) in [6.07, 6.45) is 0.535. The second-order valence-electron chi connectivity index (χ2n) is 4.83. The van der Waals surface area contributed by atoms with Crippen LogP contribution in [0.25, 0.3) is 0 Å². The van der Waals surface area contributed by atoms with E-state index in [0.717, 1.165) is 5.56 Å². The lowest BCUT2D eigenvalue weighted by Crippen LogP contribution is -2.04. The number of hydrogen-bond acceptors (Lipinski definition) is 5. The summed E-state index contributed by atoms with van der Waals surface area (Å²) in [7, 11) is 0. The Morgan fingerprint density at radius 2 is 2.00 bits per heavy atom. The van der Waals surface area contributed by atoms with Crippen molar-refractivity contribution >= 4 is 5.82 Å². The maximum absolute atomic E-state index is 9.07. The first-order valence-corrected chi connectivity index (χ1v) is 6.61. The number of nitrogens with two attached hydrogens (primary N) is 1. The van der Waals surface area contributed by atoms with E-state index in [4.69, 9.17) is 15.6 Å². The molecule has 0 bridgehead atoms. The first-order chi connectivity index (χ1) is 9.60. The summed E-state index contributed by atoms with van der Waals surface area (Å²) >= 11 is 0. The normalized spacial score (nSPS) is 10.8. The molecule has 0 atom stereocenters. The SMILES string of the molecule is CC(C)c1nc(N)cc(Oc2ccccc2CCO)n1. The van der Waals surface area contributed by atoms with Crippen molar-refractivity contribution in [3.8, 4) is 11.6 Å². The predicted octanol–water partition coefficient (Wildman–Crippen LogP) is 2.51. The highest BCUT2D eigenvalue weighted by molar-refractivity contribution is 5.39. The number of hydrogen-bond donors (Lipinski definition) is 2. The highest BCUT2D eigenvalue weighted by Crippen LogP contribution is 2.26. The molecule has 5 heteroatoms. The number of anilines is 1. The quantitative estimate of drug-likeness (QED) is 0.874. The summed E-state index contributed by atoms with van der Waals surface area (Å²) in [6, 6.07) is 9.15. The van der Waals surface area contributed by atoms with Gasteiger partial charge in [-0.2, -0.15) is 4.98 Å². The van der Waals surface area contributed by atoms with Crippen LogP contribution in [-0.4, -0.2) is 21.7 Å². The molecule has 0 saturated heterocycles. The van der Waals surface area contributed by atoms with Gasteiger partial charge in [0.25, 0.3) is 0 Å². The highest BCUT2D eigenvalue weighted by atomic mass is 16.5. The molecule has 2 aromatic rings. The monoisotopic (exact) mass is 273 g/mol. The molecular formula is C15H19N3O2. The Balaban J connectivity index is 2.30. The van der Waals surface area contributed by atoms with Gasteiger partial charge in [0.1, 0.15) is 17.4 Å². The minimum absolute atomic E-state index is 0.0729. The van der Waals surface area contributed by atoms with Crippen LogP contribution in [-0.2, 0) is 6.42 Å². The van der Waals surface area contributed by atoms with E-state index in [1.807, 2.05) is 38.1 Å². The molecular weight excluding hydrogens is 254 g/mol. The van der Waals surface area contributed by atoms with E-state index >= 15 is 0 Å². The predicted molar refractivity (Wildman–Crippen MR) is 77.8 cm³/mol. The average molecular weight is 273 g/mol. The fourth-order valence-corrected chi connectivity index (χ4v) is 1.81. The number of aliphatic hydroxyl groups excluding tert-OH is 1. The van der Waals surface area contributed by atoms with Gasteiger partial charge < -0.3 is 15.6 Å². The van der Waals surface area contributed by atoms with Crippen molar-refractivity contribution in [3.05, 3.63) is 41.7 Å². The average Bonchev–Trinajstić information content (AvgIpc) is 2.40. The number of aromatic nitrogens is 2. The first kappa shape index (κ1) is 14.3. The summed E-state index contributed by atoms with van der Waals surface area (Å²) in [5.41, 5.74) is 6.71. The van der Waals surface area contributed by atoms with Crippen LogP contribution < -0.4 is 10.5 Å². The van der Waals surface area contributed by atoms with E-state index in [9.17, 15) is 0 Å². The lowest BCUT2D eigenvalue weighted by Gasteiger charge is -2.12. The molecule has 2 rings (SSSR count). The Hall–Kier alpha value is -2.14. The summed E-state index contributed by atoms with van der Waals surface area (Å²) in [5.74, 6) is 2.31. The van der Waals surface area contributed by atoms with Crippen molar-refractivity contribution in [2.75, 3.05) is 12.3 Å². The topological polar surface area (TPSA) is 81.3 Å². The van der Waals surface area contributed by atoms with Gasteiger partial charge in [0, 0.05) is 18.6 Å². The third-order valence-corrected chi connectivity index (χ3v) is 2.82. The van der Waals surface area contributed by atoms with E-state index in [-0.39, 0.29) is 12.5 Å². The van der Waals surface area contributed by atoms with E-state index < -0.39 is 0 Å². The maximum atomic E-state index is 9.07. The number of aliphatic hydroxyl groups is 1. The molecule has 0 amide bonds. The number of ether oxygens (including phenoxy) is 1. The molecule has 0 saturated carbocycles. The van der Waals surface area contributed by atoms with E-state index in [2.05, 4.69) is 9.97 Å². The van der Waals surface area contributed by atoms with Gasteiger partial charge in [0.15, 0.2) is 0 Å². The van der Waals surface area contributed by atoms with Crippen LogP contribution in [0.5, 0.6) is 11.6 Å². The molecule has 1 aromatic carbocycles. The van der Waals surface area contributed by atoms with Gasteiger partial charge in [-0.05, 0) is 18.1 Å². The second kappa shape index (κ2) is 6.34. The molecule has 0 aliphatic rings. The summed E-state index contributed by atoms with van der Waals surface area (Å²) < 4.78 is 5.79. The van der Waals surface area contributed by atoms with Gasteiger partial charge in [-0.25, -0.2) is 4.98 Å². The Morgan fingerprint density at radius 1 is 1.25 bits per heavy atom. The van der Waals surface area contributed by atoms with Crippen LogP contribution in [0.4, 0.5) is 5.82 Å². The van der Waals surface area contributed by atoms with Gasteiger partial charge in [-0.1, -0.05) is 32.0 Å². The van der Waals surface area contributed by atoms with Gasteiger partial charge in [-0.15, -0.1) is 0 Å². The van der Waals surface area contributed by atoms with Crippen molar-refractivity contribution < 1.29 is 9.84 Å². The molecule has 5 nitrogen and oxygen atoms in total. The van der Waals surface area contributed by atoms with Gasteiger partial charge >= 0.3 is 0 Å². The zero-order valence-corrected chi connectivity index (χ0v) is 11.7. The third-order valence-electron chi connectivity index (χ3n) is 2.82. The zero-order valence-electron chi connectivity index (χ0n) is 11.7. The zero-order chi connectivity index (χ0) is 14.5. The summed E-state index contributed by atoms with van der Waals surface area (Å²) in [5, 5.41) is 9.07. The molecule has 0 fully saturated rings. The van der Waals surface area contributed by atoms with Crippen molar-refractivity contribution in [1.29, 1.82) is 0 Å². The van der Waals surface area contributed by atoms with Gasteiger partial charge in [0.2, 0.25) is 5.88 Å². The van der Waals surface area contributed by atoms with Crippen molar-refractivity contribution in [3.63, 3.8) is 0 Å². The van der Waals surface area contributed by atoms with Crippen LogP contribution in [0.15, 0.2) is 30.3 Å². The summed E-state index contributed by atoms with van der Waals surface area (Å²) in [6.45, 7) is 4.07. The molecule has 0 radical (unpaired) electrons. The largest absolute Gasteiger partial charge is 0.439 e. The maximum Gasteiger partial charge on any atom is 0.224 e. The van der Waals surface area contributed by atoms with Gasteiger partial charge in [0.05, 0.1) is 0 Å². The summed E-state index contributed by atoms with van der Waals surface area (Å²) in [4.78, 5) is 8.53. The number of para-hydroxylation sites is 1.